The number of nitrogens with zero attached hydrogens (tertiary/aromatic N) is 2. The van der Waals surface area contributed by atoms with Gasteiger partial charge in [0.25, 0.3) is 0 Å². The molecule has 0 aliphatic carbocycles. The minimum absolute atomic E-state index is 0. The standard InChI is InChI=1S/C13H14ClN3O2S.ClH/c14-13-3-12(2-1-9(13)4-15)20(18,19)17-7-10-5-16-6-11(10)8-17;/h1-3,10-11,16H,5-8H2;1H/t10-,11+;. The third-order valence-electron chi connectivity index (χ3n) is 4.05. The molecular weight excluding hydrogens is 333 g/mol. The van der Waals surface area contributed by atoms with Crippen LogP contribution in [0, 0.1) is 23.2 Å². The van der Waals surface area contributed by atoms with Gasteiger partial charge in [-0.3, -0.25) is 0 Å². The number of hydrogen-bond acceptors (Lipinski definition) is 4. The summed E-state index contributed by atoms with van der Waals surface area (Å²) in [5.74, 6) is 0.803. The number of fused-ring (bicyclic) bond motifs is 1. The average Bonchev–Trinajstić information content (AvgIpc) is 2.99. The predicted octanol–water partition coefficient (Wildman–Crippen LogP) is 1.47. The molecule has 0 unspecified atom stereocenters. The van der Waals surface area contributed by atoms with Crippen LogP contribution >= 0.6 is 24.0 Å². The summed E-state index contributed by atoms with van der Waals surface area (Å²) in [5, 5.41) is 12.3. The van der Waals surface area contributed by atoms with E-state index in [1.807, 2.05) is 6.07 Å². The van der Waals surface area contributed by atoms with Crippen LogP contribution in [-0.2, 0) is 10.0 Å². The van der Waals surface area contributed by atoms with Crippen LogP contribution in [0.5, 0.6) is 0 Å². The van der Waals surface area contributed by atoms with Crippen molar-refractivity contribution in [2.45, 2.75) is 4.90 Å². The molecule has 8 heteroatoms. The molecule has 3 rings (SSSR count). The Balaban J connectivity index is 0.00000161. The third-order valence-corrected chi connectivity index (χ3v) is 6.20. The number of rotatable bonds is 2. The molecule has 1 N–H and O–H groups in total. The second kappa shape index (κ2) is 6.11. The molecule has 1 aromatic rings. The first-order chi connectivity index (χ1) is 9.52. The first kappa shape index (κ1) is 16.5. The largest absolute Gasteiger partial charge is 0.316 e. The minimum Gasteiger partial charge on any atom is -0.316 e. The lowest BCUT2D eigenvalue weighted by Gasteiger charge is -2.17. The van der Waals surface area contributed by atoms with Crippen molar-refractivity contribution in [3.8, 4) is 6.07 Å². The van der Waals surface area contributed by atoms with Gasteiger partial charge in [0.15, 0.2) is 0 Å². The second-order valence-electron chi connectivity index (χ2n) is 5.25. The molecule has 1 aromatic carbocycles. The normalized spacial score (nSPS) is 25.1. The van der Waals surface area contributed by atoms with E-state index in [-0.39, 0.29) is 27.9 Å². The maximum atomic E-state index is 12.6. The van der Waals surface area contributed by atoms with Crippen LogP contribution in [0.1, 0.15) is 5.56 Å². The number of sulfonamides is 1. The molecule has 2 fully saturated rings. The van der Waals surface area contributed by atoms with Gasteiger partial charge in [-0.15, -0.1) is 12.4 Å². The number of nitriles is 1. The molecule has 2 saturated heterocycles. The Morgan fingerprint density at radius 1 is 1.29 bits per heavy atom. The molecule has 2 atom stereocenters. The monoisotopic (exact) mass is 347 g/mol. The van der Waals surface area contributed by atoms with Crippen molar-refractivity contribution in [2.24, 2.45) is 11.8 Å². The van der Waals surface area contributed by atoms with E-state index in [9.17, 15) is 8.42 Å². The van der Waals surface area contributed by atoms with Gasteiger partial charge in [-0.1, -0.05) is 11.6 Å². The van der Waals surface area contributed by atoms with Gasteiger partial charge in [-0.2, -0.15) is 9.57 Å². The molecule has 2 aliphatic rings. The Hall–Kier alpha value is -0.840. The fourth-order valence-electron chi connectivity index (χ4n) is 2.90. The van der Waals surface area contributed by atoms with Gasteiger partial charge < -0.3 is 5.32 Å². The third kappa shape index (κ3) is 2.89. The Labute approximate surface area is 135 Å². The van der Waals surface area contributed by atoms with Crippen LogP contribution < -0.4 is 5.32 Å². The predicted molar refractivity (Wildman–Crippen MR) is 82.0 cm³/mol. The van der Waals surface area contributed by atoms with Crippen molar-refractivity contribution in [1.29, 1.82) is 5.26 Å². The number of hydrogen-bond donors (Lipinski definition) is 1. The molecule has 0 amide bonds. The SMILES string of the molecule is Cl.N#Cc1ccc(S(=O)(=O)N2C[C@H]3CNC[C@H]3C2)cc1Cl. The van der Waals surface area contributed by atoms with Crippen molar-refractivity contribution >= 4 is 34.0 Å². The van der Waals surface area contributed by atoms with Crippen LogP contribution in [0.25, 0.3) is 0 Å². The van der Waals surface area contributed by atoms with E-state index in [0.717, 1.165) is 13.1 Å². The zero-order valence-electron chi connectivity index (χ0n) is 11.1. The highest BCUT2D eigenvalue weighted by atomic mass is 35.5. The molecule has 114 valence electrons. The van der Waals surface area contributed by atoms with E-state index < -0.39 is 10.0 Å². The minimum atomic E-state index is -3.52. The van der Waals surface area contributed by atoms with Gasteiger partial charge in [-0.05, 0) is 43.1 Å². The van der Waals surface area contributed by atoms with Gasteiger partial charge in [-0.25, -0.2) is 8.42 Å². The highest BCUT2D eigenvalue weighted by Gasteiger charge is 2.41. The average molecular weight is 348 g/mol. The molecule has 0 bridgehead atoms. The van der Waals surface area contributed by atoms with Crippen molar-refractivity contribution in [1.82, 2.24) is 9.62 Å². The summed E-state index contributed by atoms with van der Waals surface area (Å²) in [7, 11) is -3.52. The maximum absolute atomic E-state index is 12.6. The summed E-state index contributed by atoms with van der Waals surface area (Å²) >= 11 is 5.92. The first-order valence-electron chi connectivity index (χ1n) is 6.43. The van der Waals surface area contributed by atoms with Crippen LogP contribution in [0.3, 0.4) is 0 Å². The molecule has 2 heterocycles. The van der Waals surface area contributed by atoms with Crippen molar-refractivity contribution in [3.05, 3.63) is 28.8 Å². The fourth-order valence-corrected chi connectivity index (χ4v) is 4.77. The first-order valence-corrected chi connectivity index (χ1v) is 8.24. The summed E-state index contributed by atoms with van der Waals surface area (Å²) in [5.41, 5.74) is 0.285. The molecule has 0 aromatic heterocycles. The van der Waals surface area contributed by atoms with E-state index in [0.29, 0.717) is 24.9 Å². The zero-order valence-corrected chi connectivity index (χ0v) is 13.5. The van der Waals surface area contributed by atoms with Gasteiger partial charge in [0, 0.05) is 13.1 Å². The maximum Gasteiger partial charge on any atom is 0.243 e. The lowest BCUT2D eigenvalue weighted by atomic mass is 10.0. The van der Waals surface area contributed by atoms with E-state index in [1.165, 1.54) is 22.5 Å². The van der Waals surface area contributed by atoms with Crippen LogP contribution in [0.2, 0.25) is 5.02 Å². The summed E-state index contributed by atoms with van der Waals surface area (Å²) < 4.78 is 26.7. The summed E-state index contributed by atoms with van der Waals surface area (Å²) in [4.78, 5) is 0.162. The molecular formula is C13H15Cl2N3O2S. The Morgan fingerprint density at radius 2 is 1.90 bits per heavy atom. The van der Waals surface area contributed by atoms with E-state index in [4.69, 9.17) is 16.9 Å². The summed E-state index contributed by atoms with van der Waals surface area (Å²) in [6.07, 6.45) is 0. The highest BCUT2D eigenvalue weighted by Crippen LogP contribution is 2.31. The quantitative estimate of drug-likeness (QED) is 0.879. The van der Waals surface area contributed by atoms with E-state index >= 15 is 0 Å². The van der Waals surface area contributed by atoms with Gasteiger partial charge in [0.1, 0.15) is 6.07 Å². The lowest BCUT2D eigenvalue weighted by Crippen LogP contribution is -2.31. The smallest absolute Gasteiger partial charge is 0.243 e. The topological polar surface area (TPSA) is 73.2 Å². The fraction of sp³-hybridized carbons (Fsp3) is 0.462. The Kier molecular flexibility index (Phi) is 4.81. The molecule has 2 aliphatic heterocycles. The Morgan fingerprint density at radius 3 is 2.43 bits per heavy atom. The van der Waals surface area contributed by atoms with Crippen LogP contribution in [0.4, 0.5) is 0 Å². The molecule has 0 spiro atoms. The lowest BCUT2D eigenvalue weighted by molar-refractivity contribution is 0.448. The molecule has 21 heavy (non-hydrogen) atoms. The number of halogens is 2. The highest BCUT2D eigenvalue weighted by molar-refractivity contribution is 7.89. The van der Waals surface area contributed by atoms with E-state index in [2.05, 4.69) is 5.32 Å². The van der Waals surface area contributed by atoms with Gasteiger partial charge in [0.05, 0.1) is 15.5 Å². The zero-order chi connectivity index (χ0) is 14.3. The Bertz CT molecular complexity index is 675. The van der Waals surface area contributed by atoms with Crippen molar-refractivity contribution in [2.75, 3.05) is 26.2 Å². The van der Waals surface area contributed by atoms with Crippen molar-refractivity contribution in [3.63, 3.8) is 0 Å². The molecule has 0 saturated carbocycles. The van der Waals surface area contributed by atoms with Crippen molar-refractivity contribution < 1.29 is 8.42 Å². The molecule has 0 radical (unpaired) electrons. The summed E-state index contributed by atoms with van der Waals surface area (Å²) in [6.45, 7) is 2.87. The van der Waals surface area contributed by atoms with Gasteiger partial charge in [0.2, 0.25) is 10.0 Å². The number of nitrogens with one attached hydrogen (secondary N) is 1. The van der Waals surface area contributed by atoms with E-state index in [1.54, 1.807) is 0 Å². The molecule has 5 nitrogen and oxygen atoms in total. The second-order valence-corrected chi connectivity index (χ2v) is 7.60. The van der Waals surface area contributed by atoms with Crippen LogP contribution in [0.15, 0.2) is 23.1 Å². The number of benzene rings is 1. The summed E-state index contributed by atoms with van der Waals surface area (Å²) in [6, 6.07) is 6.19. The van der Waals surface area contributed by atoms with Crippen LogP contribution in [-0.4, -0.2) is 38.9 Å². The van der Waals surface area contributed by atoms with Gasteiger partial charge >= 0.3 is 0 Å².